The number of aryl methyl sites for hydroxylation is 1. The number of fused-ring (bicyclic) bond motifs is 2. The van der Waals surface area contributed by atoms with Crippen LogP contribution in [0.2, 0.25) is 0 Å². The van der Waals surface area contributed by atoms with E-state index in [1.54, 1.807) is 24.3 Å². The number of benzene rings is 4. The number of carbonyl (C=O) groups is 1. The lowest BCUT2D eigenvalue weighted by Gasteiger charge is -2.17. The van der Waals surface area contributed by atoms with Crippen LogP contribution in [0.3, 0.4) is 0 Å². The Kier molecular flexibility index (Phi) is 6.28. The number of primary amides is 1. The second kappa shape index (κ2) is 10.4. The van der Waals surface area contributed by atoms with Gasteiger partial charge >= 0.3 is 0 Å². The molecular weight excluding hydrogens is 528 g/mol. The molecule has 1 atom stereocenters. The fourth-order valence-electron chi connectivity index (χ4n) is 5.14. The predicted octanol–water partition coefficient (Wildman–Crippen LogP) is 7.70. The van der Waals surface area contributed by atoms with Gasteiger partial charge < -0.3 is 24.3 Å². The Morgan fingerprint density at radius 2 is 1.57 bits per heavy atom. The van der Waals surface area contributed by atoms with Crippen LogP contribution in [0.4, 0.5) is 5.69 Å². The molecule has 0 saturated carbocycles. The molecule has 3 N–H and O–H groups in total. The van der Waals surface area contributed by atoms with E-state index >= 15 is 0 Å². The lowest BCUT2D eigenvalue weighted by Crippen LogP contribution is -2.15. The van der Waals surface area contributed by atoms with Crippen molar-refractivity contribution in [3.63, 3.8) is 0 Å². The molecule has 8 heteroatoms. The van der Waals surface area contributed by atoms with Gasteiger partial charge in [-0.05, 0) is 55.0 Å². The van der Waals surface area contributed by atoms with E-state index in [2.05, 4.69) is 27.6 Å². The summed E-state index contributed by atoms with van der Waals surface area (Å²) in [7, 11) is 0. The van der Waals surface area contributed by atoms with Crippen LogP contribution in [0.25, 0.3) is 44.9 Å². The zero-order valence-corrected chi connectivity index (χ0v) is 22.7. The molecule has 0 aliphatic heterocycles. The number of para-hydroxylation sites is 2. The van der Waals surface area contributed by atoms with E-state index in [9.17, 15) is 4.79 Å². The summed E-state index contributed by atoms with van der Waals surface area (Å²) in [5.41, 5.74) is 11.2. The summed E-state index contributed by atoms with van der Waals surface area (Å²) in [6, 6.07) is 32.6. The maximum absolute atomic E-state index is 11.6. The van der Waals surface area contributed by atoms with Crippen molar-refractivity contribution in [3.8, 4) is 23.0 Å². The van der Waals surface area contributed by atoms with Crippen molar-refractivity contribution >= 4 is 33.5 Å². The highest BCUT2D eigenvalue weighted by molar-refractivity contribution is 5.93. The zero-order valence-electron chi connectivity index (χ0n) is 22.7. The van der Waals surface area contributed by atoms with Gasteiger partial charge in [-0.3, -0.25) is 4.79 Å². The predicted molar refractivity (Wildman–Crippen MR) is 161 cm³/mol. The van der Waals surface area contributed by atoms with Gasteiger partial charge in [-0.1, -0.05) is 60.7 Å². The minimum absolute atomic E-state index is 0.315. The first-order valence-electron chi connectivity index (χ1n) is 13.6. The number of furan rings is 2. The third-order valence-corrected chi connectivity index (χ3v) is 7.39. The minimum Gasteiger partial charge on any atom is -0.456 e. The third kappa shape index (κ3) is 4.79. The molecule has 0 spiro atoms. The Morgan fingerprint density at radius 1 is 0.833 bits per heavy atom. The standard InChI is InChI=1S/C34H26N4O4/c1-20-26-7-3-5-9-29(26)41-31(20)34-38-37-33(42-34)27(36-25-16-14-23(15-17-25)32(35)39)18-21-10-12-22(13-11-21)30-19-24-6-2-4-8-28(24)40-30/h2-17,19,27,36H,18H2,1H3,(H2,35,39)/t27-/m0/s1. The summed E-state index contributed by atoms with van der Waals surface area (Å²) >= 11 is 0. The summed E-state index contributed by atoms with van der Waals surface area (Å²) in [5, 5.41) is 14.3. The molecule has 0 aliphatic rings. The average molecular weight is 555 g/mol. The second-order valence-electron chi connectivity index (χ2n) is 10.2. The minimum atomic E-state index is -0.481. The number of rotatable bonds is 8. The first kappa shape index (κ1) is 25.3. The SMILES string of the molecule is Cc1c(-c2nnc([C@H](Cc3ccc(-c4cc5ccccc5o4)cc3)Nc3ccc(C(N)=O)cc3)o2)oc2ccccc12. The molecule has 0 fully saturated rings. The molecule has 206 valence electrons. The van der Waals surface area contributed by atoms with Crippen LogP contribution in [0.5, 0.6) is 0 Å². The largest absolute Gasteiger partial charge is 0.456 e. The number of nitrogens with two attached hydrogens (primary N) is 1. The van der Waals surface area contributed by atoms with Gasteiger partial charge in [0.1, 0.15) is 23.0 Å². The van der Waals surface area contributed by atoms with Gasteiger partial charge in [0.25, 0.3) is 5.89 Å². The molecular formula is C34H26N4O4. The molecule has 4 aromatic carbocycles. The van der Waals surface area contributed by atoms with Gasteiger partial charge in [0.2, 0.25) is 11.8 Å². The van der Waals surface area contributed by atoms with Crippen molar-refractivity contribution in [1.29, 1.82) is 0 Å². The van der Waals surface area contributed by atoms with Crippen molar-refractivity contribution in [2.75, 3.05) is 5.32 Å². The summed E-state index contributed by atoms with van der Waals surface area (Å²) in [6.07, 6.45) is 0.554. The molecule has 0 unspecified atom stereocenters. The van der Waals surface area contributed by atoms with E-state index < -0.39 is 5.91 Å². The molecule has 3 aromatic heterocycles. The molecule has 7 aromatic rings. The van der Waals surface area contributed by atoms with Crippen molar-refractivity contribution in [2.24, 2.45) is 5.73 Å². The van der Waals surface area contributed by atoms with E-state index in [1.807, 2.05) is 73.7 Å². The van der Waals surface area contributed by atoms with Crippen LogP contribution in [0, 0.1) is 6.92 Å². The molecule has 3 heterocycles. The van der Waals surface area contributed by atoms with Crippen molar-refractivity contribution in [2.45, 2.75) is 19.4 Å². The van der Waals surface area contributed by atoms with Crippen LogP contribution in [-0.2, 0) is 6.42 Å². The van der Waals surface area contributed by atoms with E-state index in [0.717, 1.165) is 50.1 Å². The third-order valence-electron chi connectivity index (χ3n) is 7.39. The summed E-state index contributed by atoms with van der Waals surface area (Å²) in [4.78, 5) is 11.6. The lowest BCUT2D eigenvalue weighted by molar-refractivity contribution is 0.100. The maximum Gasteiger partial charge on any atom is 0.284 e. The van der Waals surface area contributed by atoms with Crippen molar-refractivity contribution in [3.05, 3.63) is 126 Å². The van der Waals surface area contributed by atoms with Gasteiger partial charge in [-0.2, -0.15) is 0 Å². The topological polar surface area (TPSA) is 120 Å². The fraction of sp³-hybridized carbons (Fsp3) is 0.0882. The van der Waals surface area contributed by atoms with Gasteiger partial charge in [-0.25, -0.2) is 0 Å². The van der Waals surface area contributed by atoms with E-state index in [4.69, 9.17) is 19.0 Å². The zero-order chi connectivity index (χ0) is 28.6. The molecule has 0 radical (unpaired) electrons. The molecule has 42 heavy (non-hydrogen) atoms. The highest BCUT2D eigenvalue weighted by Crippen LogP contribution is 2.34. The van der Waals surface area contributed by atoms with Crippen LogP contribution in [0.15, 0.2) is 116 Å². The summed E-state index contributed by atoms with van der Waals surface area (Å²) < 4.78 is 18.3. The Hall–Kier alpha value is -5.63. The maximum atomic E-state index is 11.6. The van der Waals surface area contributed by atoms with Gasteiger partial charge in [-0.15, -0.1) is 10.2 Å². The monoisotopic (exact) mass is 554 g/mol. The van der Waals surface area contributed by atoms with Crippen molar-refractivity contribution in [1.82, 2.24) is 10.2 Å². The highest BCUT2D eigenvalue weighted by Gasteiger charge is 2.23. The summed E-state index contributed by atoms with van der Waals surface area (Å²) in [5.74, 6) is 1.61. The van der Waals surface area contributed by atoms with E-state index in [1.165, 1.54) is 0 Å². The molecule has 8 nitrogen and oxygen atoms in total. The lowest BCUT2D eigenvalue weighted by atomic mass is 10.0. The number of aromatic nitrogens is 2. The Balaban J connectivity index is 1.19. The van der Waals surface area contributed by atoms with Crippen LogP contribution < -0.4 is 11.1 Å². The van der Waals surface area contributed by atoms with Crippen molar-refractivity contribution < 1.29 is 18.0 Å². The Labute approximate surface area is 240 Å². The smallest absolute Gasteiger partial charge is 0.284 e. The van der Waals surface area contributed by atoms with E-state index in [-0.39, 0.29) is 6.04 Å². The number of hydrogen-bond acceptors (Lipinski definition) is 7. The fourth-order valence-corrected chi connectivity index (χ4v) is 5.14. The Morgan fingerprint density at radius 3 is 2.31 bits per heavy atom. The molecule has 0 bridgehead atoms. The molecule has 0 aliphatic carbocycles. The van der Waals surface area contributed by atoms with Gasteiger partial charge in [0.05, 0.1) is 0 Å². The molecule has 0 saturated heterocycles. The number of amides is 1. The van der Waals surface area contributed by atoms with Gasteiger partial charge in [0, 0.05) is 39.6 Å². The average Bonchev–Trinajstić information content (AvgIpc) is 3.75. The molecule has 1 amide bonds. The number of hydrogen-bond donors (Lipinski definition) is 2. The second-order valence-corrected chi connectivity index (χ2v) is 10.2. The van der Waals surface area contributed by atoms with E-state index in [0.29, 0.717) is 29.5 Å². The van der Waals surface area contributed by atoms with Crippen LogP contribution in [-0.4, -0.2) is 16.1 Å². The molecule has 7 rings (SSSR count). The van der Waals surface area contributed by atoms with Crippen LogP contribution in [0.1, 0.15) is 33.4 Å². The first-order chi connectivity index (χ1) is 20.5. The number of nitrogens with zero attached hydrogens (tertiary/aromatic N) is 2. The quantitative estimate of drug-likeness (QED) is 0.197. The normalized spacial score (nSPS) is 12.1. The first-order valence-corrected chi connectivity index (χ1v) is 13.6. The number of carbonyl (C=O) groups excluding carboxylic acids is 1. The number of anilines is 1. The number of nitrogens with one attached hydrogen (secondary N) is 1. The van der Waals surface area contributed by atoms with Crippen LogP contribution >= 0.6 is 0 Å². The Bertz CT molecular complexity index is 2000. The highest BCUT2D eigenvalue weighted by atomic mass is 16.4. The summed E-state index contributed by atoms with van der Waals surface area (Å²) in [6.45, 7) is 1.98. The van der Waals surface area contributed by atoms with Gasteiger partial charge in [0.15, 0.2) is 5.76 Å².